The Bertz CT molecular complexity index is 3330. The van der Waals surface area contributed by atoms with Gasteiger partial charge in [0.1, 0.15) is 0 Å². The third kappa shape index (κ3) is 4.71. The first-order chi connectivity index (χ1) is 28.8. The van der Waals surface area contributed by atoms with Crippen LogP contribution in [0.2, 0.25) is 0 Å². The molecule has 10 aromatic carbocycles. The molecule has 0 spiro atoms. The van der Waals surface area contributed by atoms with Gasteiger partial charge in [0.15, 0.2) is 0 Å². The maximum absolute atomic E-state index is 2.51. The van der Waals surface area contributed by atoms with E-state index >= 15 is 0 Å². The molecule has 0 saturated carbocycles. The van der Waals surface area contributed by atoms with Crippen molar-refractivity contribution >= 4 is 43.4 Å². The molecule has 58 heavy (non-hydrogen) atoms. The molecule has 12 rings (SSSR count). The van der Waals surface area contributed by atoms with Crippen LogP contribution in [0, 0.1) is 0 Å². The molecular formula is C57H37N. The highest BCUT2D eigenvalue weighted by Crippen LogP contribution is 2.59. The summed E-state index contributed by atoms with van der Waals surface area (Å²) < 4.78 is 2.38. The van der Waals surface area contributed by atoms with E-state index in [1.54, 1.807) is 0 Å². The van der Waals surface area contributed by atoms with Gasteiger partial charge in [0.2, 0.25) is 0 Å². The number of hydrogen-bond acceptors (Lipinski definition) is 0. The summed E-state index contributed by atoms with van der Waals surface area (Å²) in [6.45, 7) is 0. The van der Waals surface area contributed by atoms with E-state index in [1.165, 1.54) is 105 Å². The van der Waals surface area contributed by atoms with Crippen molar-refractivity contribution < 1.29 is 0 Å². The average molecular weight is 736 g/mol. The monoisotopic (exact) mass is 735 g/mol. The van der Waals surface area contributed by atoms with Gasteiger partial charge >= 0.3 is 0 Å². The van der Waals surface area contributed by atoms with E-state index in [4.69, 9.17) is 0 Å². The molecule has 1 heterocycles. The fraction of sp³-hybridized carbons (Fsp3) is 0.0175. The molecule has 0 fully saturated rings. The van der Waals surface area contributed by atoms with Crippen LogP contribution >= 0.6 is 0 Å². The minimum atomic E-state index is -0.465. The van der Waals surface area contributed by atoms with Crippen LogP contribution in [0.4, 0.5) is 0 Å². The van der Waals surface area contributed by atoms with E-state index in [-0.39, 0.29) is 0 Å². The third-order valence-corrected chi connectivity index (χ3v) is 12.6. The van der Waals surface area contributed by atoms with Crippen molar-refractivity contribution in [2.45, 2.75) is 5.41 Å². The van der Waals surface area contributed by atoms with Crippen LogP contribution in [-0.2, 0) is 5.41 Å². The van der Waals surface area contributed by atoms with Crippen LogP contribution in [-0.4, -0.2) is 4.57 Å². The normalized spacial score (nSPS) is 13.0. The lowest BCUT2D eigenvalue weighted by Gasteiger charge is -2.34. The Morgan fingerprint density at radius 1 is 0.310 bits per heavy atom. The number of nitrogens with zero attached hydrogens (tertiary/aromatic N) is 1. The molecule has 0 aliphatic heterocycles. The molecule has 0 amide bonds. The van der Waals surface area contributed by atoms with Gasteiger partial charge in [-0.05, 0) is 126 Å². The van der Waals surface area contributed by atoms with Crippen LogP contribution < -0.4 is 0 Å². The van der Waals surface area contributed by atoms with Gasteiger partial charge in [0.05, 0.1) is 16.4 Å². The summed E-state index contributed by atoms with van der Waals surface area (Å²) in [5.41, 5.74) is 15.9. The molecule has 1 heteroatoms. The Hall–Kier alpha value is -7.48. The Kier molecular flexibility index (Phi) is 7.21. The van der Waals surface area contributed by atoms with E-state index in [0.29, 0.717) is 0 Å². The van der Waals surface area contributed by atoms with E-state index in [2.05, 4.69) is 229 Å². The summed E-state index contributed by atoms with van der Waals surface area (Å²) >= 11 is 0. The maximum atomic E-state index is 2.51. The Morgan fingerprint density at radius 2 is 0.845 bits per heavy atom. The van der Waals surface area contributed by atoms with E-state index in [0.717, 1.165) is 0 Å². The van der Waals surface area contributed by atoms with Crippen LogP contribution in [0.5, 0.6) is 0 Å². The molecule has 0 atom stereocenters. The fourth-order valence-electron chi connectivity index (χ4n) is 10.1. The number of rotatable bonds is 5. The highest BCUT2D eigenvalue weighted by atomic mass is 15.0. The number of aromatic nitrogens is 1. The lowest BCUT2D eigenvalue weighted by atomic mass is 9.67. The van der Waals surface area contributed by atoms with Crippen molar-refractivity contribution in [1.29, 1.82) is 0 Å². The summed E-state index contributed by atoms with van der Waals surface area (Å²) in [5.74, 6) is 0. The first-order valence-corrected chi connectivity index (χ1v) is 20.2. The Labute approximate surface area is 337 Å². The molecule has 1 aromatic heterocycles. The fourth-order valence-corrected chi connectivity index (χ4v) is 10.1. The number of fused-ring (bicyclic) bond motifs is 9. The van der Waals surface area contributed by atoms with Crippen molar-refractivity contribution in [3.05, 3.63) is 247 Å². The summed E-state index contributed by atoms with van der Waals surface area (Å²) in [5, 5.41) is 7.55. The Balaban J connectivity index is 1.03. The highest BCUT2D eigenvalue weighted by molar-refractivity contribution is 6.12. The largest absolute Gasteiger partial charge is 0.309 e. The van der Waals surface area contributed by atoms with Gasteiger partial charge in [-0.2, -0.15) is 0 Å². The van der Waals surface area contributed by atoms with Gasteiger partial charge in [-0.15, -0.1) is 0 Å². The average Bonchev–Trinajstić information content (AvgIpc) is 3.80. The quantitative estimate of drug-likeness (QED) is 0.166. The third-order valence-electron chi connectivity index (χ3n) is 12.6. The minimum Gasteiger partial charge on any atom is -0.309 e. The van der Waals surface area contributed by atoms with Gasteiger partial charge in [-0.3, -0.25) is 0 Å². The molecule has 270 valence electrons. The van der Waals surface area contributed by atoms with Crippen molar-refractivity contribution in [1.82, 2.24) is 4.57 Å². The van der Waals surface area contributed by atoms with Gasteiger partial charge in [0, 0.05) is 16.5 Å². The van der Waals surface area contributed by atoms with Crippen LogP contribution in [0.25, 0.3) is 82.4 Å². The second-order valence-corrected chi connectivity index (χ2v) is 15.6. The predicted molar refractivity (Wildman–Crippen MR) is 244 cm³/mol. The summed E-state index contributed by atoms with van der Waals surface area (Å²) in [4.78, 5) is 0. The number of benzene rings is 10. The predicted octanol–water partition coefficient (Wildman–Crippen LogP) is 14.8. The molecule has 11 aromatic rings. The molecule has 0 saturated heterocycles. The first-order valence-electron chi connectivity index (χ1n) is 20.2. The first kappa shape index (κ1) is 32.7. The van der Waals surface area contributed by atoms with Crippen molar-refractivity contribution in [3.8, 4) is 39.1 Å². The Morgan fingerprint density at radius 3 is 1.59 bits per heavy atom. The SMILES string of the molecule is c1ccc(-n2c3ccccc3c3cc(-c4ccc5cc(-c6cc7c(c8ccccc68)-c6ccccc6C7(c6ccccc6)c6ccccc6)ccc5c4)ccc32)cc1. The maximum Gasteiger partial charge on any atom is 0.0714 e. The van der Waals surface area contributed by atoms with Crippen molar-refractivity contribution in [2.24, 2.45) is 0 Å². The lowest BCUT2D eigenvalue weighted by Crippen LogP contribution is -2.28. The molecule has 0 radical (unpaired) electrons. The van der Waals surface area contributed by atoms with Crippen molar-refractivity contribution in [3.63, 3.8) is 0 Å². The molecule has 1 aliphatic rings. The van der Waals surface area contributed by atoms with Crippen molar-refractivity contribution in [2.75, 3.05) is 0 Å². The van der Waals surface area contributed by atoms with Crippen LogP contribution in [0.15, 0.2) is 224 Å². The van der Waals surface area contributed by atoms with Gasteiger partial charge < -0.3 is 4.57 Å². The van der Waals surface area contributed by atoms with E-state index in [1.807, 2.05) is 0 Å². The summed E-state index contributed by atoms with van der Waals surface area (Å²) in [6, 6.07) is 83.1. The summed E-state index contributed by atoms with van der Waals surface area (Å²) in [6.07, 6.45) is 0. The molecule has 0 unspecified atom stereocenters. The minimum absolute atomic E-state index is 0.465. The van der Waals surface area contributed by atoms with E-state index < -0.39 is 5.41 Å². The number of hydrogen-bond donors (Lipinski definition) is 0. The zero-order chi connectivity index (χ0) is 38.2. The van der Waals surface area contributed by atoms with Gasteiger partial charge in [-0.1, -0.05) is 176 Å². The highest BCUT2D eigenvalue weighted by Gasteiger charge is 2.47. The summed E-state index contributed by atoms with van der Waals surface area (Å²) in [7, 11) is 0. The standard InChI is InChI=1S/C57H37N/c1-4-16-43(17-5-1)57(44-18-6-2-7-19-44)52-26-14-12-25-49(52)56-48-24-11-10-22-46(48)50(37-53(56)57)42-31-30-38-34-39(28-29-40(38)35-42)41-32-33-55-51(36-41)47-23-13-15-27-54(47)58(55)45-20-8-3-9-21-45/h1-37H. The number of para-hydroxylation sites is 2. The van der Waals surface area contributed by atoms with Crippen LogP contribution in [0.3, 0.4) is 0 Å². The molecule has 1 aliphatic carbocycles. The second kappa shape index (κ2) is 12.8. The zero-order valence-electron chi connectivity index (χ0n) is 31.8. The molecule has 0 N–H and O–H groups in total. The van der Waals surface area contributed by atoms with E-state index in [9.17, 15) is 0 Å². The van der Waals surface area contributed by atoms with Crippen LogP contribution in [0.1, 0.15) is 22.3 Å². The zero-order valence-corrected chi connectivity index (χ0v) is 31.8. The van der Waals surface area contributed by atoms with Gasteiger partial charge in [0.25, 0.3) is 0 Å². The second-order valence-electron chi connectivity index (χ2n) is 15.6. The molecule has 1 nitrogen and oxygen atoms in total. The molecule has 0 bridgehead atoms. The topological polar surface area (TPSA) is 4.93 Å². The van der Waals surface area contributed by atoms with Gasteiger partial charge in [-0.25, -0.2) is 0 Å². The lowest BCUT2D eigenvalue weighted by molar-refractivity contribution is 0.769. The molecular weight excluding hydrogens is 699 g/mol. The smallest absolute Gasteiger partial charge is 0.0714 e.